The lowest BCUT2D eigenvalue weighted by Gasteiger charge is -2.16. The van der Waals surface area contributed by atoms with Gasteiger partial charge < -0.3 is 14.8 Å². The molecule has 1 N–H and O–H groups in total. The normalized spacial score (nSPS) is 8.44. The molecule has 0 heterocycles. The first-order chi connectivity index (χ1) is 8.56. The Hall–Kier alpha value is 0.320. The van der Waals surface area contributed by atoms with E-state index in [4.69, 9.17) is 9.47 Å². The van der Waals surface area contributed by atoms with Crippen molar-refractivity contribution in [2.24, 2.45) is 5.10 Å². The fraction of sp³-hybridized carbons (Fsp3) is 0.800. The van der Waals surface area contributed by atoms with Crippen molar-refractivity contribution in [2.75, 3.05) is 27.8 Å². The van der Waals surface area contributed by atoms with E-state index in [1.54, 1.807) is 0 Å². The third-order valence-corrected chi connectivity index (χ3v) is 1.45. The number of nitrogens with zero attached hydrogens (tertiary/aromatic N) is 2. The van der Waals surface area contributed by atoms with Gasteiger partial charge in [-0.1, -0.05) is 20.3 Å². The third kappa shape index (κ3) is 16.3. The number of methoxy groups -OCH3 is 2. The molecule has 0 aromatic carbocycles. The van der Waals surface area contributed by atoms with Crippen LogP contribution in [-0.4, -0.2) is 51.9 Å². The largest absolute Gasteiger partial charge is 0.354 e. The molecule has 0 aliphatic rings. The average Bonchev–Trinajstić information content (AvgIpc) is 2.41. The molecule has 0 aromatic rings. The van der Waals surface area contributed by atoms with Gasteiger partial charge in [-0.3, -0.25) is 0 Å². The predicted octanol–water partition coefficient (Wildman–Crippen LogP) is 3.05. The monoisotopic (exact) mass is 487 g/mol. The summed E-state index contributed by atoms with van der Waals surface area (Å²) < 4.78 is 9.72. The number of hydrazone groups is 1. The molecule has 0 saturated carbocycles. The van der Waals surface area contributed by atoms with E-state index in [2.05, 4.69) is 68.2 Å². The van der Waals surface area contributed by atoms with Crippen LogP contribution in [0.3, 0.4) is 0 Å². The zero-order valence-electron chi connectivity index (χ0n) is 11.6. The van der Waals surface area contributed by atoms with Crippen molar-refractivity contribution in [2.45, 2.75) is 26.6 Å². The molecule has 0 aliphatic carbocycles. The number of halogens is 2. The summed E-state index contributed by atoms with van der Waals surface area (Å²) in [6, 6.07) is -0.353. The highest BCUT2D eigenvalue weighted by Gasteiger charge is 2.09. The minimum atomic E-state index is -0.442. The Labute approximate surface area is 133 Å². The van der Waals surface area contributed by atoms with E-state index >= 15 is 0 Å². The second kappa shape index (κ2) is 19.7. The van der Waals surface area contributed by atoms with Crippen LogP contribution in [0.4, 0.5) is 4.79 Å². The third-order valence-electron chi connectivity index (χ3n) is 1.45. The summed E-state index contributed by atoms with van der Waals surface area (Å²) in [5.74, 6) is 0. The molecule has 0 aromatic heterocycles. The summed E-state index contributed by atoms with van der Waals surface area (Å²) in [6.45, 7) is 7.72. The van der Waals surface area contributed by atoms with E-state index in [0.717, 1.165) is 5.01 Å². The van der Waals surface area contributed by atoms with Gasteiger partial charge in [-0.05, 0) is 0 Å². The lowest BCUT2D eigenvalue weighted by atomic mass is 10.6. The second-order valence-corrected chi connectivity index (χ2v) is 2.96. The quantitative estimate of drug-likeness (QED) is 0.281. The van der Waals surface area contributed by atoms with Crippen LogP contribution in [0.15, 0.2) is 5.10 Å². The maximum absolute atomic E-state index is 11.1. The average molecular weight is 487 g/mol. The van der Waals surface area contributed by atoms with E-state index in [1.165, 1.54) is 27.7 Å². The first kappa shape index (κ1) is 23.4. The molecular formula is C10H23I2N3O3. The van der Waals surface area contributed by atoms with Gasteiger partial charge in [0, 0.05) is 65.2 Å². The molecular weight excluding hydrogens is 464 g/mol. The van der Waals surface area contributed by atoms with E-state index in [-0.39, 0.29) is 12.6 Å². The van der Waals surface area contributed by atoms with Gasteiger partial charge in [-0.2, -0.15) is 5.10 Å². The zero-order valence-corrected chi connectivity index (χ0v) is 15.9. The van der Waals surface area contributed by atoms with Crippen molar-refractivity contribution in [3.8, 4) is 0 Å². The molecule has 0 saturated heterocycles. The van der Waals surface area contributed by atoms with E-state index in [1.807, 2.05) is 0 Å². The highest BCUT2D eigenvalue weighted by molar-refractivity contribution is 15.0. The molecule has 0 atom stereocenters. The van der Waals surface area contributed by atoms with Gasteiger partial charge in [0.05, 0.1) is 6.54 Å². The van der Waals surface area contributed by atoms with E-state index in [0.29, 0.717) is 0 Å². The zero-order chi connectivity index (χ0) is 15.0. The molecule has 0 fully saturated rings. The van der Waals surface area contributed by atoms with Crippen LogP contribution >= 0.6 is 37.2 Å². The van der Waals surface area contributed by atoms with Gasteiger partial charge in [-0.25, -0.2) is 9.80 Å². The lowest BCUT2D eigenvalue weighted by molar-refractivity contribution is -0.0974. The smallest absolute Gasteiger partial charge is 0.337 e. The first-order valence-corrected chi connectivity index (χ1v) is 11.5. The molecule has 18 heavy (non-hydrogen) atoms. The van der Waals surface area contributed by atoms with Crippen molar-refractivity contribution in [3.05, 3.63) is 0 Å². The Morgan fingerprint density at radius 1 is 1.39 bits per heavy atom. The van der Waals surface area contributed by atoms with E-state index < -0.39 is 6.29 Å². The lowest BCUT2D eigenvalue weighted by Crippen LogP contribution is -2.39. The number of ether oxygens (including phenoxy) is 2. The Morgan fingerprint density at radius 3 is 2.06 bits per heavy atom. The van der Waals surface area contributed by atoms with Gasteiger partial charge >= 0.3 is 6.03 Å². The van der Waals surface area contributed by atoms with Gasteiger partial charge in [-0.15, -0.1) is 0 Å². The summed E-state index contributed by atoms with van der Waals surface area (Å²) in [6.07, 6.45) is 0.808. The Balaban J connectivity index is -0.000000389. The SMILES string of the molecule is C=NN(C)C(=O)NCC(OC)OC.CCC.II. The minimum absolute atomic E-state index is 0.270. The number of carbonyl (C=O) groups excluding carboxylic acids is 1. The number of hydrogen-bond acceptors (Lipinski definition) is 4. The molecule has 0 aliphatic heterocycles. The number of urea groups is 1. The number of amides is 2. The van der Waals surface area contributed by atoms with E-state index in [9.17, 15) is 4.79 Å². The fourth-order valence-corrected chi connectivity index (χ4v) is 0.612. The van der Waals surface area contributed by atoms with Crippen LogP contribution in [0.1, 0.15) is 20.3 Å². The van der Waals surface area contributed by atoms with Crippen LogP contribution in [0.25, 0.3) is 0 Å². The predicted molar refractivity (Wildman–Crippen MR) is 92.5 cm³/mol. The summed E-state index contributed by atoms with van der Waals surface area (Å²) in [4.78, 5) is 11.1. The van der Waals surface area contributed by atoms with Crippen molar-refractivity contribution in [3.63, 3.8) is 0 Å². The molecule has 8 heteroatoms. The highest BCUT2D eigenvalue weighted by atomic mass is 128. The molecule has 2 amide bonds. The molecule has 110 valence electrons. The Kier molecular flexibility index (Phi) is 25.6. The van der Waals surface area contributed by atoms with Gasteiger partial charge in [0.1, 0.15) is 0 Å². The number of rotatable bonds is 5. The summed E-state index contributed by atoms with van der Waals surface area (Å²) >= 11 is 4.24. The number of nitrogens with one attached hydrogen (secondary N) is 1. The number of carbonyl (C=O) groups is 1. The highest BCUT2D eigenvalue weighted by Crippen LogP contribution is 1.89. The van der Waals surface area contributed by atoms with Crippen LogP contribution in [0.2, 0.25) is 0 Å². The van der Waals surface area contributed by atoms with Crippen molar-refractivity contribution < 1.29 is 14.3 Å². The summed E-state index contributed by atoms with van der Waals surface area (Å²) in [5.41, 5.74) is 0. The van der Waals surface area contributed by atoms with Gasteiger partial charge in [0.15, 0.2) is 6.29 Å². The summed E-state index contributed by atoms with van der Waals surface area (Å²) in [7, 11) is 4.49. The Bertz CT molecular complexity index is 193. The van der Waals surface area contributed by atoms with Crippen LogP contribution in [-0.2, 0) is 9.47 Å². The molecule has 0 spiro atoms. The van der Waals surface area contributed by atoms with Gasteiger partial charge in [0.2, 0.25) is 0 Å². The Morgan fingerprint density at radius 2 is 1.78 bits per heavy atom. The number of hydrogen-bond donors (Lipinski definition) is 1. The van der Waals surface area contributed by atoms with Gasteiger partial charge in [0.25, 0.3) is 0 Å². The summed E-state index contributed by atoms with van der Waals surface area (Å²) in [5, 5.41) is 7.03. The fourth-order valence-electron chi connectivity index (χ4n) is 0.612. The first-order valence-electron chi connectivity index (χ1n) is 5.25. The maximum Gasteiger partial charge on any atom is 0.337 e. The van der Waals surface area contributed by atoms with Crippen LogP contribution < -0.4 is 5.32 Å². The maximum atomic E-state index is 11.1. The topological polar surface area (TPSA) is 63.2 Å². The molecule has 0 unspecified atom stereocenters. The minimum Gasteiger partial charge on any atom is -0.354 e. The van der Waals surface area contributed by atoms with Crippen molar-refractivity contribution in [1.29, 1.82) is 0 Å². The van der Waals surface area contributed by atoms with Crippen LogP contribution in [0, 0.1) is 0 Å². The standard InChI is InChI=1S/C7H15N3O3.C3H8.I2/c1-8-10(2)7(11)9-5-6(12-3)13-4;1-3-2;1-2/h6H,1,5H2,2-4H3,(H,9,11);3H2,1-2H3;. The van der Waals surface area contributed by atoms with Crippen molar-refractivity contribution >= 4 is 50.0 Å². The molecule has 0 rings (SSSR count). The molecule has 0 bridgehead atoms. The van der Waals surface area contributed by atoms with Crippen molar-refractivity contribution in [1.82, 2.24) is 10.3 Å². The second-order valence-electron chi connectivity index (χ2n) is 2.96. The molecule has 6 nitrogen and oxygen atoms in total. The van der Waals surface area contributed by atoms with Crippen LogP contribution in [0.5, 0.6) is 0 Å². The molecule has 0 radical (unpaired) electrons.